The minimum Gasteiger partial charge on any atom is -0.392 e. The van der Waals surface area contributed by atoms with Crippen LogP contribution in [0.2, 0.25) is 0 Å². The molecule has 0 radical (unpaired) electrons. The zero-order valence-electron chi connectivity index (χ0n) is 11.0. The maximum Gasteiger partial charge on any atom is 0.183 e. The van der Waals surface area contributed by atoms with Gasteiger partial charge in [0.1, 0.15) is 0 Å². The van der Waals surface area contributed by atoms with E-state index in [2.05, 4.69) is 4.98 Å². The third-order valence-electron chi connectivity index (χ3n) is 2.92. The van der Waals surface area contributed by atoms with Crippen molar-refractivity contribution in [2.45, 2.75) is 12.9 Å². The number of benzene rings is 1. The van der Waals surface area contributed by atoms with Crippen LogP contribution in [0.1, 0.15) is 17.4 Å². The van der Waals surface area contributed by atoms with E-state index in [-0.39, 0.29) is 6.61 Å². The number of hydrogen-bond acceptors (Lipinski definition) is 4. The van der Waals surface area contributed by atoms with Crippen molar-refractivity contribution in [1.82, 2.24) is 4.98 Å². The molecule has 0 fully saturated rings. The molecule has 0 saturated carbocycles. The predicted octanol–water partition coefficient (Wildman–Crippen LogP) is 2.53. The van der Waals surface area contributed by atoms with Crippen molar-refractivity contribution in [3.05, 3.63) is 53.7 Å². The average Bonchev–Trinajstić information content (AvgIpc) is 2.49. The maximum atomic E-state index is 9.36. The lowest BCUT2D eigenvalue weighted by Gasteiger charge is -2.15. The predicted molar refractivity (Wildman–Crippen MR) is 72.4 cm³/mol. The van der Waals surface area contributed by atoms with E-state index in [1.807, 2.05) is 36.4 Å². The highest BCUT2D eigenvalue weighted by Gasteiger charge is 2.11. The normalized spacial score (nSPS) is 10.9. The molecule has 0 bridgehead atoms. The third kappa shape index (κ3) is 2.98. The zero-order chi connectivity index (χ0) is 13.7. The molecule has 1 N–H and O–H groups in total. The fourth-order valence-corrected chi connectivity index (χ4v) is 2.03. The Balaban J connectivity index is 2.43. The first-order valence-electron chi connectivity index (χ1n) is 6.00. The molecule has 4 heteroatoms. The van der Waals surface area contributed by atoms with Crippen LogP contribution in [0, 0.1) is 0 Å². The third-order valence-corrected chi connectivity index (χ3v) is 2.92. The number of rotatable bonds is 5. The molecule has 19 heavy (non-hydrogen) atoms. The number of aromatic nitrogens is 1. The van der Waals surface area contributed by atoms with Crippen molar-refractivity contribution in [3.8, 4) is 11.3 Å². The summed E-state index contributed by atoms with van der Waals surface area (Å²) >= 11 is 0. The van der Waals surface area contributed by atoms with Gasteiger partial charge in [0.15, 0.2) is 6.29 Å². The van der Waals surface area contributed by atoms with Crippen LogP contribution in [0.15, 0.2) is 42.6 Å². The van der Waals surface area contributed by atoms with E-state index in [0.717, 1.165) is 22.4 Å². The van der Waals surface area contributed by atoms with Gasteiger partial charge in [-0.1, -0.05) is 24.3 Å². The standard InChI is InChI=1S/C15H17NO3/c1-18-15(19-2)12-6-3-5-11(9-12)14-13(10-17)7-4-8-16-14/h3-9,15,17H,10H2,1-2H3. The Bertz CT molecular complexity index is 538. The summed E-state index contributed by atoms with van der Waals surface area (Å²) in [5, 5.41) is 9.36. The summed E-state index contributed by atoms with van der Waals surface area (Å²) in [7, 11) is 3.20. The number of pyridine rings is 1. The van der Waals surface area contributed by atoms with Gasteiger partial charge in [-0.15, -0.1) is 0 Å². The molecule has 0 amide bonds. The molecule has 100 valence electrons. The van der Waals surface area contributed by atoms with Gasteiger partial charge in [-0.3, -0.25) is 4.98 Å². The number of nitrogens with zero attached hydrogens (tertiary/aromatic N) is 1. The monoisotopic (exact) mass is 259 g/mol. The topological polar surface area (TPSA) is 51.6 Å². The molecule has 0 atom stereocenters. The van der Waals surface area contributed by atoms with Gasteiger partial charge in [0.05, 0.1) is 12.3 Å². The van der Waals surface area contributed by atoms with E-state index in [9.17, 15) is 5.11 Å². The summed E-state index contributed by atoms with van der Waals surface area (Å²) in [6.07, 6.45) is 1.31. The summed E-state index contributed by atoms with van der Waals surface area (Å²) < 4.78 is 10.5. The second-order valence-electron chi connectivity index (χ2n) is 4.10. The highest BCUT2D eigenvalue weighted by molar-refractivity contribution is 5.63. The lowest BCUT2D eigenvalue weighted by atomic mass is 10.0. The fourth-order valence-electron chi connectivity index (χ4n) is 2.03. The van der Waals surface area contributed by atoms with E-state index in [4.69, 9.17) is 9.47 Å². The van der Waals surface area contributed by atoms with Crippen LogP contribution in [0.5, 0.6) is 0 Å². The van der Waals surface area contributed by atoms with Crippen LogP contribution in [0.3, 0.4) is 0 Å². The van der Waals surface area contributed by atoms with Crippen LogP contribution in [-0.4, -0.2) is 24.3 Å². The van der Waals surface area contributed by atoms with E-state index in [1.165, 1.54) is 0 Å². The summed E-state index contributed by atoms with van der Waals surface area (Å²) in [5.41, 5.74) is 3.42. The number of hydrogen-bond donors (Lipinski definition) is 1. The minimum atomic E-state index is -0.402. The lowest BCUT2D eigenvalue weighted by molar-refractivity contribution is -0.105. The quantitative estimate of drug-likeness (QED) is 0.838. The molecule has 4 nitrogen and oxygen atoms in total. The average molecular weight is 259 g/mol. The van der Waals surface area contributed by atoms with E-state index < -0.39 is 6.29 Å². The van der Waals surface area contributed by atoms with Crippen LogP contribution in [0.4, 0.5) is 0 Å². The first-order chi connectivity index (χ1) is 9.30. The van der Waals surface area contributed by atoms with Crippen molar-refractivity contribution < 1.29 is 14.6 Å². The Hall–Kier alpha value is -1.75. The summed E-state index contributed by atoms with van der Waals surface area (Å²) in [6, 6.07) is 11.4. The Morgan fingerprint density at radius 3 is 2.63 bits per heavy atom. The fraction of sp³-hybridized carbons (Fsp3) is 0.267. The Kier molecular flexibility index (Phi) is 4.63. The summed E-state index contributed by atoms with van der Waals surface area (Å²) in [6.45, 7) is -0.0363. The van der Waals surface area contributed by atoms with E-state index in [1.54, 1.807) is 20.4 Å². The molecule has 1 heterocycles. The van der Waals surface area contributed by atoms with Gasteiger partial charge in [0, 0.05) is 37.1 Å². The van der Waals surface area contributed by atoms with Gasteiger partial charge >= 0.3 is 0 Å². The van der Waals surface area contributed by atoms with E-state index >= 15 is 0 Å². The van der Waals surface area contributed by atoms with Gasteiger partial charge in [-0.25, -0.2) is 0 Å². The zero-order valence-corrected chi connectivity index (χ0v) is 11.0. The Morgan fingerprint density at radius 1 is 1.16 bits per heavy atom. The van der Waals surface area contributed by atoms with Crippen LogP contribution in [-0.2, 0) is 16.1 Å². The second-order valence-corrected chi connectivity index (χ2v) is 4.10. The highest BCUT2D eigenvalue weighted by atomic mass is 16.7. The Labute approximate surface area is 112 Å². The van der Waals surface area contributed by atoms with Crippen molar-refractivity contribution in [2.24, 2.45) is 0 Å². The van der Waals surface area contributed by atoms with Crippen LogP contribution >= 0.6 is 0 Å². The first kappa shape index (κ1) is 13.7. The molecule has 0 aliphatic carbocycles. The van der Waals surface area contributed by atoms with Crippen LogP contribution < -0.4 is 0 Å². The molecular formula is C15H17NO3. The molecule has 1 aromatic carbocycles. The number of aliphatic hydroxyl groups excluding tert-OH is 1. The Morgan fingerprint density at radius 2 is 1.95 bits per heavy atom. The molecule has 2 aromatic rings. The van der Waals surface area contributed by atoms with Crippen molar-refractivity contribution in [1.29, 1.82) is 0 Å². The molecule has 0 aliphatic heterocycles. The number of aliphatic hydroxyl groups is 1. The molecule has 0 aliphatic rings. The number of ether oxygens (including phenoxy) is 2. The highest BCUT2D eigenvalue weighted by Crippen LogP contribution is 2.26. The largest absolute Gasteiger partial charge is 0.392 e. The molecular weight excluding hydrogens is 242 g/mol. The molecule has 0 unspecified atom stereocenters. The van der Waals surface area contributed by atoms with Crippen molar-refractivity contribution in [2.75, 3.05) is 14.2 Å². The molecule has 2 rings (SSSR count). The summed E-state index contributed by atoms with van der Waals surface area (Å²) in [4.78, 5) is 4.33. The maximum absolute atomic E-state index is 9.36. The van der Waals surface area contributed by atoms with Gasteiger partial charge in [-0.2, -0.15) is 0 Å². The summed E-state index contributed by atoms with van der Waals surface area (Å²) in [5.74, 6) is 0. The van der Waals surface area contributed by atoms with Gasteiger partial charge in [0.2, 0.25) is 0 Å². The molecule has 0 spiro atoms. The van der Waals surface area contributed by atoms with Gasteiger partial charge in [-0.05, 0) is 12.1 Å². The van der Waals surface area contributed by atoms with Crippen molar-refractivity contribution >= 4 is 0 Å². The SMILES string of the molecule is COC(OC)c1cccc(-c2ncccc2CO)c1. The lowest BCUT2D eigenvalue weighted by Crippen LogP contribution is -2.03. The minimum absolute atomic E-state index is 0.0363. The smallest absolute Gasteiger partial charge is 0.183 e. The number of methoxy groups -OCH3 is 2. The van der Waals surface area contributed by atoms with Gasteiger partial charge < -0.3 is 14.6 Å². The van der Waals surface area contributed by atoms with Crippen LogP contribution in [0.25, 0.3) is 11.3 Å². The first-order valence-corrected chi connectivity index (χ1v) is 6.00. The molecule has 0 saturated heterocycles. The van der Waals surface area contributed by atoms with Gasteiger partial charge in [0.25, 0.3) is 0 Å². The van der Waals surface area contributed by atoms with Crippen molar-refractivity contribution in [3.63, 3.8) is 0 Å². The van der Waals surface area contributed by atoms with E-state index in [0.29, 0.717) is 0 Å². The second kappa shape index (κ2) is 6.43. The molecule has 1 aromatic heterocycles.